The molecule has 0 N–H and O–H groups in total. The van der Waals surface area contributed by atoms with Crippen LogP contribution < -0.4 is 0 Å². The van der Waals surface area contributed by atoms with Gasteiger partial charge < -0.3 is 9.59 Å². The number of ketones is 2. The van der Waals surface area contributed by atoms with Crippen molar-refractivity contribution in [2.24, 2.45) is 0 Å². The molecule has 0 spiro atoms. The summed E-state index contributed by atoms with van der Waals surface area (Å²) in [5.74, 6) is -2.48. The first kappa shape index (κ1) is 18.1. The van der Waals surface area contributed by atoms with E-state index in [0.717, 1.165) is 0 Å². The maximum atomic E-state index is 13.2. The lowest BCUT2D eigenvalue weighted by atomic mass is 9.96. The number of hydrogen-bond acceptors (Lipinski definition) is 5. The number of carbonyl (C=O) groups excluding carboxylic acids is 4. The molecule has 0 aliphatic rings. The molecule has 1 aromatic heterocycles. The fourth-order valence-corrected chi connectivity index (χ4v) is 1.28. The molecule has 6 heteroatoms. The first-order chi connectivity index (χ1) is 8.54. The quantitative estimate of drug-likeness (QED) is 0.756. The molecule has 0 aliphatic carbocycles. The number of hydrogen-bond donors (Lipinski definition) is 0. The third-order valence-corrected chi connectivity index (χ3v) is 1.87. The first-order valence-corrected chi connectivity index (χ1v) is 4.73. The zero-order chi connectivity index (χ0) is 14.7. The van der Waals surface area contributed by atoms with Crippen molar-refractivity contribution in [2.75, 3.05) is 0 Å². The molecule has 0 fully saturated rings. The summed E-state index contributed by atoms with van der Waals surface area (Å²) in [6, 6.07) is 2.59. The second-order valence-electron chi connectivity index (χ2n) is 3.02. The average Bonchev–Trinajstić information content (AvgIpc) is 2.36. The molecule has 1 heterocycles. The van der Waals surface area contributed by atoms with Crippen LogP contribution >= 0.6 is 0 Å². The Hall–Kier alpha value is -2.24. The van der Waals surface area contributed by atoms with Gasteiger partial charge in [-0.05, 0) is 26.0 Å². The van der Waals surface area contributed by atoms with Gasteiger partial charge in [0.25, 0.3) is 0 Å². The first-order valence-electron chi connectivity index (χ1n) is 4.73. The lowest BCUT2D eigenvalue weighted by Gasteiger charge is -2.09. The summed E-state index contributed by atoms with van der Waals surface area (Å²) in [6.07, 6.45) is 1.36. The molecule has 0 radical (unpaired) electrons. The minimum Gasteiger partial charge on any atom is -0.307 e. The number of carbonyl (C=O) groups is 4. The van der Waals surface area contributed by atoms with E-state index >= 15 is 0 Å². The monoisotopic (exact) mass is 255 g/mol. The van der Waals surface area contributed by atoms with Gasteiger partial charge in [-0.25, -0.2) is 4.39 Å². The van der Waals surface area contributed by atoms with Crippen LogP contribution in [0.3, 0.4) is 0 Å². The van der Waals surface area contributed by atoms with E-state index in [1.165, 1.54) is 32.2 Å². The van der Waals surface area contributed by atoms with Gasteiger partial charge in [0, 0.05) is 6.20 Å². The second-order valence-corrected chi connectivity index (χ2v) is 3.02. The van der Waals surface area contributed by atoms with Crippen molar-refractivity contribution >= 4 is 25.1 Å². The van der Waals surface area contributed by atoms with Crippen LogP contribution in [0.5, 0.6) is 0 Å². The predicted octanol–water partition coefficient (Wildman–Crippen LogP) is 1.11. The van der Waals surface area contributed by atoms with Gasteiger partial charge in [-0.2, -0.15) is 0 Å². The molecule has 1 rings (SSSR count). The molecule has 0 aliphatic heterocycles. The van der Waals surface area contributed by atoms with Crippen LogP contribution in [0.2, 0.25) is 0 Å². The van der Waals surface area contributed by atoms with Gasteiger partial charge in [0.05, 0.1) is 5.69 Å². The van der Waals surface area contributed by atoms with Crippen molar-refractivity contribution in [1.82, 2.24) is 4.98 Å². The Labute approximate surface area is 104 Å². The van der Waals surface area contributed by atoms with Gasteiger partial charge in [0.2, 0.25) is 0 Å². The summed E-state index contributed by atoms with van der Waals surface area (Å²) in [4.78, 5) is 41.9. The number of rotatable bonds is 3. The molecule has 0 bridgehead atoms. The summed E-state index contributed by atoms with van der Waals surface area (Å²) < 4.78 is 13.2. The third-order valence-electron chi connectivity index (χ3n) is 1.87. The topological polar surface area (TPSA) is 81.2 Å². The molecule has 98 valence electrons. The van der Waals surface area contributed by atoms with E-state index in [4.69, 9.17) is 9.59 Å². The van der Waals surface area contributed by atoms with Crippen LogP contribution in [-0.4, -0.2) is 30.1 Å². The van der Waals surface area contributed by atoms with E-state index in [1.807, 2.05) is 13.6 Å². The van der Waals surface area contributed by atoms with E-state index in [1.54, 1.807) is 0 Å². The molecular formula is C12H14FNO4. The highest BCUT2D eigenvalue weighted by molar-refractivity contribution is 6.05. The number of nitrogens with zero attached hydrogens (tertiary/aromatic N) is 1. The Morgan fingerprint density at radius 1 is 1.17 bits per heavy atom. The molecule has 0 saturated heterocycles. The van der Waals surface area contributed by atoms with Gasteiger partial charge in [-0.15, -0.1) is 0 Å². The van der Waals surface area contributed by atoms with Crippen LogP contribution in [-0.2, 0) is 19.2 Å². The SMILES string of the molecule is C=O.C=O.CC(=O)C(C(C)=O)c1ncccc1F. The predicted molar refractivity (Wildman–Crippen MR) is 62.5 cm³/mol. The maximum absolute atomic E-state index is 13.2. The van der Waals surface area contributed by atoms with Crippen LogP contribution in [0, 0.1) is 5.82 Å². The van der Waals surface area contributed by atoms with Crippen molar-refractivity contribution in [2.45, 2.75) is 19.8 Å². The second kappa shape index (κ2) is 9.95. The van der Waals surface area contributed by atoms with E-state index in [0.29, 0.717) is 0 Å². The van der Waals surface area contributed by atoms with Crippen molar-refractivity contribution in [3.05, 3.63) is 29.8 Å². The Morgan fingerprint density at radius 3 is 1.94 bits per heavy atom. The molecular weight excluding hydrogens is 241 g/mol. The lowest BCUT2D eigenvalue weighted by Crippen LogP contribution is -2.19. The van der Waals surface area contributed by atoms with Crippen LogP contribution in [0.4, 0.5) is 4.39 Å². The fraction of sp³-hybridized carbons (Fsp3) is 0.250. The number of aromatic nitrogens is 1. The zero-order valence-electron chi connectivity index (χ0n) is 10.2. The van der Waals surface area contributed by atoms with Crippen molar-refractivity contribution in [1.29, 1.82) is 0 Å². The van der Waals surface area contributed by atoms with Gasteiger partial charge in [-0.3, -0.25) is 14.6 Å². The standard InChI is InChI=1S/C10H10FNO2.2CH2O/c1-6(13)9(7(2)14)10-8(11)4-3-5-12-10;2*1-2/h3-5,9H,1-2H3;2*1H2. The number of Topliss-reactive ketones (excluding diaryl/α,β-unsaturated/α-hetero) is 2. The summed E-state index contributed by atoms with van der Waals surface area (Å²) in [6.45, 7) is 6.50. The molecule has 1 aromatic rings. The molecule has 18 heavy (non-hydrogen) atoms. The largest absolute Gasteiger partial charge is 0.307 e. The molecule has 0 unspecified atom stereocenters. The van der Waals surface area contributed by atoms with Crippen molar-refractivity contribution in [3.63, 3.8) is 0 Å². The number of halogens is 1. The highest BCUT2D eigenvalue weighted by Gasteiger charge is 2.25. The van der Waals surface area contributed by atoms with Crippen LogP contribution in [0.15, 0.2) is 18.3 Å². The fourth-order valence-electron chi connectivity index (χ4n) is 1.28. The van der Waals surface area contributed by atoms with Gasteiger partial charge in [0.15, 0.2) is 0 Å². The number of pyridine rings is 1. The lowest BCUT2D eigenvalue weighted by molar-refractivity contribution is -0.127. The highest BCUT2D eigenvalue weighted by Crippen LogP contribution is 2.18. The molecule has 0 amide bonds. The van der Waals surface area contributed by atoms with Gasteiger partial charge in [0.1, 0.15) is 36.9 Å². The third kappa shape index (κ3) is 5.20. The molecule has 0 saturated carbocycles. The Bertz CT molecular complexity index is 393. The Kier molecular flexibility index (Phi) is 10.0. The van der Waals surface area contributed by atoms with E-state index in [-0.39, 0.29) is 5.69 Å². The van der Waals surface area contributed by atoms with E-state index < -0.39 is 23.3 Å². The Balaban J connectivity index is 0. The molecule has 5 nitrogen and oxygen atoms in total. The normalized spacial score (nSPS) is 8.44. The van der Waals surface area contributed by atoms with Crippen LogP contribution in [0.25, 0.3) is 0 Å². The summed E-state index contributed by atoms with van der Waals surface area (Å²) >= 11 is 0. The van der Waals surface area contributed by atoms with E-state index in [9.17, 15) is 14.0 Å². The average molecular weight is 255 g/mol. The van der Waals surface area contributed by atoms with Crippen molar-refractivity contribution < 1.29 is 23.6 Å². The maximum Gasteiger partial charge on any atom is 0.146 e. The van der Waals surface area contributed by atoms with Gasteiger partial charge >= 0.3 is 0 Å². The van der Waals surface area contributed by atoms with Crippen molar-refractivity contribution in [3.8, 4) is 0 Å². The minimum atomic E-state index is -1.07. The highest BCUT2D eigenvalue weighted by atomic mass is 19.1. The summed E-state index contributed by atoms with van der Waals surface area (Å²) in [5, 5.41) is 0. The molecule has 0 aromatic carbocycles. The summed E-state index contributed by atoms with van der Waals surface area (Å²) in [7, 11) is 0. The summed E-state index contributed by atoms with van der Waals surface area (Å²) in [5.41, 5.74) is -0.0903. The minimum absolute atomic E-state index is 0.0903. The zero-order valence-corrected chi connectivity index (χ0v) is 10.2. The molecule has 0 atom stereocenters. The Morgan fingerprint density at radius 2 is 1.61 bits per heavy atom. The van der Waals surface area contributed by atoms with E-state index in [2.05, 4.69) is 4.98 Å². The van der Waals surface area contributed by atoms with Gasteiger partial charge in [-0.1, -0.05) is 0 Å². The van der Waals surface area contributed by atoms with Crippen LogP contribution in [0.1, 0.15) is 25.5 Å². The smallest absolute Gasteiger partial charge is 0.146 e.